The Morgan fingerprint density at radius 2 is 0.641 bits per heavy atom. The number of unbranched alkanes of at least 4 members (excludes halogenated alkanes) is 36. The van der Waals surface area contributed by atoms with Crippen LogP contribution in [0.5, 0.6) is 0 Å². The van der Waals surface area contributed by atoms with Crippen LogP contribution in [0.15, 0.2) is 24.3 Å². The number of phosphoric ester groups is 2. The number of hydrogen-bond donors (Lipinski definition) is 3. The quantitative estimate of drug-likeness (QED) is 0.0169. The van der Waals surface area contributed by atoms with Gasteiger partial charge in [0.25, 0.3) is 0 Å². The van der Waals surface area contributed by atoms with Crippen LogP contribution < -0.4 is 0 Å². The molecule has 3 unspecified atom stereocenters. The normalized spacial score (nSPS) is 14.5. The van der Waals surface area contributed by atoms with E-state index >= 15 is 0 Å². The van der Waals surface area contributed by atoms with Gasteiger partial charge in [-0.05, 0) is 63.2 Å². The van der Waals surface area contributed by atoms with Crippen LogP contribution in [-0.4, -0.2) is 96.7 Å². The average Bonchev–Trinajstić information content (AvgIpc) is 1.80. The van der Waals surface area contributed by atoms with Gasteiger partial charge in [-0.15, -0.1) is 0 Å². The monoisotopic (exact) mass is 1350 g/mol. The van der Waals surface area contributed by atoms with E-state index in [0.29, 0.717) is 31.6 Å². The molecule has 0 saturated heterocycles. The van der Waals surface area contributed by atoms with E-state index in [0.717, 1.165) is 121 Å². The summed E-state index contributed by atoms with van der Waals surface area (Å²) in [5.74, 6) is -0.707. The molecule has 0 aromatic rings. The first-order chi connectivity index (χ1) is 44.4. The zero-order chi connectivity index (χ0) is 67.9. The van der Waals surface area contributed by atoms with Crippen LogP contribution in [0.4, 0.5) is 0 Å². The number of hydrogen-bond acceptors (Lipinski definition) is 15. The molecule has 0 aromatic carbocycles. The van der Waals surface area contributed by atoms with E-state index in [1.807, 2.05) is 0 Å². The van der Waals surface area contributed by atoms with E-state index in [-0.39, 0.29) is 25.7 Å². The molecule has 92 heavy (non-hydrogen) atoms. The highest BCUT2D eigenvalue weighted by molar-refractivity contribution is 7.47. The van der Waals surface area contributed by atoms with E-state index in [9.17, 15) is 43.2 Å². The fraction of sp³-hybridized carbons (Fsp3) is 0.890. The van der Waals surface area contributed by atoms with Gasteiger partial charge in [0, 0.05) is 25.7 Å². The molecule has 0 spiro atoms. The predicted octanol–water partition coefficient (Wildman–Crippen LogP) is 20.7. The third-order valence-corrected chi connectivity index (χ3v) is 18.6. The topological polar surface area (TPSA) is 237 Å². The minimum absolute atomic E-state index is 0.101. The summed E-state index contributed by atoms with van der Waals surface area (Å²) in [6.45, 7) is 9.42. The van der Waals surface area contributed by atoms with Gasteiger partial charge in [0.1, 0.15) is 19.3 Å². The van der Waals surface area contributed by atoms with Crippen molar-refractivity contribution in [1.29, 1.82) is 0 Å². The Labute approximate surface area is 561 Å². The van der Waals surface area contributed by atoms with Gasteiger partial charge in [-0.3, -0.25) is 37.3 Å². The largest absolute Gasteiger partial charge is 0.472 e. The first kappa shape index (κ1) is 89.5. The third kappa shape index (κ3) is 64.9. The van der Waals surface area contributed by atoms with Gasteiger partial charge in [0.15, 0.2) is 12.2 Å². The second kappa shape index (κ2) is 64.5. The van der Waals surface area contributed by atoms with Crippen molar-refractivity contribution >= 4 is 39.5 Å². The van der Waals surface area contributed by atoms with Crippen LogP contribution in [0.2, 0.25) is 0 Å². The lowest BCUT2D eigenvalue weighted by molar-refractivity contribution is -0.161. The second-order valence-corrected chi connectivity index (χ2v) is 29.3. The molecule has 3 N–H and O–H groups in total. The van der Waals surface area contributed by atoms with Crippen molar-refractivity contribution in [1.82, 2.24) is 0 Å². The number of carbonyl (C=O) groups excluding carboxylic acids is 4. The molecule has 17 nitrogen and oxygen atoms in total. The van der Waals surface area contributed by atoms with Crippen LogP contribution in [-0.2, 0) is 65.4 Å². The maximum Gasteiger partial charge on any atom is 0.472 e. The number of allylic oxidation sites excluding steroid dienone is 4. The Morgan fingerprint density at radius 3 is 0.978 bits per heavy atom. The number of esters is 4. The Morgan fingerprint density at radius 1 is 0.359 bits per heavy atom. The third-order valence-electron chi connectivity index (χ3n) is 16.7. The highest BCUT2D eigenvalue weighted by Crippen LogP contribution is 2.45. The molecule has 19 heteroatoms. The number of rotatable bonds is 70. The standard InChI is InChI=1S/C73H138O17P2/c1-7-10-12-14-16-18-20-22-24-26-28-30-32-37-45-51-57-72(77)89-68(61-83-70(75)55-49-43-36-31-29-27-25-23-21-19-17-15-13-11-8-2)63-87-91(79,80)85-59-67(74)60-86-92(81,82)88-64-69(62-84-71(76)56-50-44-40-39-42-48-54-66(6)9-3)90-73(78)58-52-46-38-34-33-35-41-47-53-65(4)5/h19,21,23,25,65-69,74H,7-18,20,22,24,26-64H2,1-6H3,(H,79,80)(H,81,82)/b21-19-,25-23-/t66?,67-,68-,69-/m1/s1. The van der Waals surface area contributed by atoms with Gasteiger partial charge < -0.3 is 33.8 Å². The maximum atomic E-state index is 13.0. The van der Waals surface area contributed by atoms with Crippen LogP contribution in [0.25, 0.3) is 0 Å². The van der Waals surface area contributed by atoms with Crippen LogP contribution in [0.3, 0.4) is 0 Å². The number of aliphatic hydroxyl groups excluding tert-OH is 1. The summed E-state index contributed by atoms with van der Waals surface area (Å²) >= 11 is 0. The fourth-order valence-electron chi connectivity index (χ4n) is 10.5. The van der Waals surface area contributed by atoms with Crippen LogP contribution in [0, 0.1) is 11.8 Å². The zero-order valence-corrected chi connectivity index (χ0v) is 61.1. The number of carbonyl (C=O) groups is 4. The minimum Gasteiger partial charge on any atom is -0.462 e. The Balaban J connectivity index is 5.28. The zero-order valence-electron chi connectivity index (χ0n) is 59.3. The number of aliphatic hydroxyl groups is 1. The Hall–Kier alpha value is -2.46. The van der Waals surface area contributed by atoms with Crippen molar-refractivity contribution in [3.8, 4) is 0 Å². The van der Waals surface area contributed by atoms with Crippen LogP contribution in [0.1, 0.15) is 350 Å². The fourth-order valence-corrected chi connectivity index (χ4v) is 12.1. The first-order valence-corrected chi connectivity index (χ1v) is 40.3. The SMILES string of the molecule is CCCCCC/C=C\C=C/CCCCCCCC(=O)OC[C@H](COP(=O)(O)OC[C@@H](O)COP(=O)(O)OC[C@@H](COC(=O)CCCCCCCCC(C)CC)OC(=O)CCCCCCCCCCC(C)C)OC(=O)CCCCCCCCCCCCCCCCCC. The summed E-state index contributed by atoms with van der Waals surface area (Å²) in [5.41, 5.74) is 0. The van der Waals surface area contributed by atoms with Crippen molar-refractivity contribution < 1.29 is 80.2 Å². The highest BCUT2D eigenvalue weighted by atomic mass is 31.2. The lowest BCUT2D eigenvalue weighted by Gasteiger charge is -2.21. The molecule has 0 saturated carbocycles. The summed E-state index contributed by atoms with van der Waals surface area (Å²) in [6, 6.07) is 0. The minimum atomic E-state index is -4.96. The first-order valence-electron chi connectivity index (χ1n) is 37.3. The molecular formula is C73H138O17P2. The van der Waals surface area contributed by atoms with Gasteiger partial charge >= 0.3 is 39.5 Å². The molecule has 0 amide bonds. The molecular weight excluding hydrogens is 1210 g/mol. The van der Waals surface area contributed by atoms with E-state index in [2.05, 4.69) is 65.8 Å². The van der Waals surface area contributed by atoms with Gasteiger partial charge in [-0.25, -0.2) is 9.13 Å². The van der Waals surface area contributed by atoms with Crippen molar-refractivity contribution in [3.63, 3.8) is 0 Å². The van der Waals surface area contributed by atoms with Crippen molar-refractivity contribution in [2.75, 3.05) is 39.6 Å². The number of ether oxygens (including phenoxy) is 4. The smallest absolute Gasteiger partial charge is 0.462 e. The van der Waals surface area contributed by atoms with E-state index in [4.69, 9.17) is 37.0 Å². The molecule has 0 radical (unpaired) electrons. The summed E-state index contributed by atoms with van der Waals surface area (Å²) in [5, 5.41) is 10.6. The molecule has 0 aromatic heterocycles. The van der Waals surface area contributed by atoms with Crippen molar-refractivity contribution in [2.45, 2.75) is 368 Å². The highest BCUT2D eigenvalue weighted by Gasteiger charge is 2.30. The van der Waals surface area contributed by atoms with E-state index in [1.54, 1.807) is 0 Å². The molecule has 0 aliphatic heterocycles. The van der Waals surface area contributed by atoms with Crippen LogP contribution >= 0.6 is 15.6 Å². The van der Waals surface area contributed by atoms with Crippen molar-refractivity contribution in [2.24, 2.45) is 11.8 Å². The molecule has 6 atom stereocenters. The summed E-state index contributed by atoms with van der Waals surface area (Å²) in [4.78, 5) is 72.6. The molecule has 0 bridgehead atoms. The van der Waals surface area contributed by atoms with E-state index < -0.39 is 97.5 Å². The predicted molar refractivity (Wildman–Crippen MR) is 372 cm³/mol. The van der Waals surface area contributed by atoms with Gasteiger partial charge in [-0.2, -0.15) is 0 Å². The Bertz CT molecular complexity index is 1880. The molecule has 0 rings (SSSR count). The van der Waals surface area contributed by atoms with Crippen molar-refractivity contribution in [3.05, 3.63) is 24.3 Å². The molecule has 0 aliphatic carbocycles. The second-order valence-electron chi connectivity index (χ2n) is 26.4. The van der Waals surface area contributed by atoms with Gasteiger partial charge in [0.05, 0.1) is 26.4 Å². The summed E-state index contributed by atoms with van der Waals surface area (Å²) < 4.78 is 68.3. The molecule has 0 heterocycles. The lowest BCUT2D eigenvalue weighted by atomic mass is 10.00. The van der Waals surface area contributed by atoms with Gasteiger partial charge in [-0.1, -0.05) is 297 Å². The summed E-state index contributed by atoms with van der Waals surface area (Å²) in [6.07, 6.45) is 53.6. The number of phosphoric acid groups is 2. The Kier molecular flexibility index (Phi) is 62.8. The van der Waals surface area contributed by atoms with E-state index in [1.165, 1.54) is 141 Å². The average molecular weight is 1350 g/mol. The molecule has 0 aliphatic rings. The molecule has 0 fully saturated rings. The molecule has 542 valence electrons. The van der Waals surface area contributed by atoms with Gasteiger partial charge in [0.2, 0.25) is 0 Å². The lowest BCUT2D eigenvalue weighted by Crippen LogP contribution is -2.30. The summed E-state index contributed by atoms with van der Waals surface area (Å²) in [7, 11) is -9.92. The maximum absolute atomic E-state index is 13.0.